The normalized spacial score (nSPS) is 12.8. The predicted molar refractivity (Wildman–Crippen MR) is 95.5 cm³/mol. The fraction of sp³-hybridized carbons (Fsp3) is 1.00. The largest absolute Gasteiger partial charge is 1.00 e. The third-order valence-corrected chi connectivity index (χ3v) is 5.93. The first-order chi connectivity index (χ1) is 11.0. The molecular formula is C18H37NaO4S. The predicted octanol–water partition coefficient (Wildman–Crippen LogP) is 1.77. The fourth-order valence-electron chi connectivity index (χ4n) is 2.98. The van der Waals surface area contributed by atoms with Crippen LogP contribution in [0.4, 0.5) is 0 Å². The van der Waals surface area contributed by atoms with Gasteiger partial charge in [0.2, 0.25) is 0 Å². The van der Waals surface area contributed by atoms with E-state index in [1.54, 1.807) is 6.92 Å². The van der Waals surface area contributed by atoms with E-state index in [9.17, 15) is 13.0 Å². The van der Waals surface area contributed by atoms with Crippen molar-refractivity contribution in [1.82, 2.24) is 0 Å². The van der Waals surface area contributed by atoms with Crippen molar-refractivity contribution in [3.63, 3.8) is 0 Å². The summed E-state index contributed by atoms with van der Waals surface area (Å²) >= 11 is 0. The molecule has 1 atom stereocenters. The van der Waals surface area contributed by atoms with Crippen LogP contribution in [-0.2, 0) is 10.1 Å². The van der Waals surface area contributed by atoms with Crippen LogP contribution in [0.15, 0.2) is 0 Å². The summed E-state index contributed by atoms with van der Waals surface area (Å²) in [7, 11) is -4.10. The SMILES string of the molecule is CCC(CCCCCCCCCCCCCCCO)S(=O)(=O)[O-].[Na+]. The van der Waals surface area contributed by atoms with Crippen LogP contribution in [0.25, 0.3) is 0 Å². The molecule has 24 heavy (non-hydrogen) atoms. The Hall–Kier alpha value is 0.870. The van der Waals surface area contributed by atoms with E-state index in [-0.39, 0.29) is 29.6 Å². The van der Waals surface area contributed by atoms with Crippen LogP contribution in [0.1, 0.15) is 103 Å². The van der Waals surface area contributed by atoms with Gasteiger partial charge in [-0.25, -0.2) is 8.42 Å². The molecule has 0 saturated carbocycles. The van der Waals surface area contributed by atoms with Crippen LogP contribution in [0.5, 0.6) is 0 Å². The van der Waals surface area contributed by atoms with E-state index in [2.05, 4.69) is 0 Å². The van der Waals surface area contributed by atoms with Gasteiger partial charge in [-0.1, -0.05) is 84.0 Å². The minimum absolute atomic E-state index is 0. The maximum absolute atomic E-state index is 11.0. The Labute approximate surface area is 172 Å². The van der Waals surface area contributed by atoms with Gasteiger partial charge in [-0.3, -0.25) is 0 Å². The first kappa shape index (κ1) is 27.1. The Morgan fingerprint density at radius 1 is 0.750 bits per heavy atom. The maximum atomic E-state index is 11.0. The summed E-state index contributed by atoms with van der Waals surface area (Å²) in [6, 6.07) is 0. The quantitative estimate of drug-likeness (QED) is 0.240. The number of aliphatic hydroxyl groups is 1. The Morgan fingerprint density at radius 3 is 1.38 bits per heavy atom. The standard InChI is InChI=1S/C18H38O4S.Na/c1-2-18(23(20,21)22)16-14-12-10-8-6-4-3-5-7-9-11-13-15-17-19;/h18-19H,2-17H2,1H3,(H,20,21,22);/q;+1/p-1. The van der Waals surface area contributed by atoms with E-state index < -0.39 is 15.4 Å². The molecule has 1 unspecified atom stereocenters. The van der Waals surface area contributed by atoms with Crippen molar-refractivity contribution in [1.29, 1.82) is 0 Å². The Kier molecular flexibility index (Phi) is 21.1. The molecule has 0 rings (SSSR count). The zero-order chi connectivity index (χ0) is 17.4. The number of rotatable bonds is 17. The van der Waals surface area contributed by atoms with Crippen LogP contribution >= 0.6 is 0 Å². The zero-order valence-electron chi connectivity index (χ0n) is 16.0. The third kappa shape index (κ3) is 17.7. The molecule has 0 saturated heterocycles. The molecule has 140 valence electrons. The fourth-order valence-corrected chi connectivity index (χ4v) is 3.84. The van der Waals surface area contributed by atoms with Gasteiger partial charge in [0.15, 0.2) is 0 Å². The zero-order valence-corrected chi connectivity index (χ0v) is 18.8. The molecular weight excluding hydrogens is 335 g/mol. The Bertz CT molecular complexity index is 347. The molecule has 0 aliphatic heterocycles. The molecule has 0 amide bonds. The molecule has 0 radical (unpaired) electrons. The summed E-state index contributed by atoms with van der Waals surface area (Å²) in [5.74, 6) is 0. The van der Waals surface area contributed by atoms with Gasteiger partial charge in [0.05, 0.1) is 10.1 Å². The second-order valence-corrected chi connectivity index (χ2v) is 8.28. The van der Waals surface area contributed by atoms with E-state index in [1.807, 2.05) is 0 Å². The number of hydrogen-bond donors (Lipinski definition) is 1. The minimum Gasteiger partial charge on any atom is -0.748 e. The van der Waals surface area contributed by atoms with E-state index in [4.69, 9.17) is 5.11 Å². The summed E-state index contributed by atoms with van der Waals surface area (Å²) < 4.78 is 32.9. The van der Waals surface area contributed by atoms with Gasteiger partial charge in [-0.05, 0) is 19.3 Å². The Morgan fingerprint density at radius 2 is 1.08 bits per heavy atom. The number of unbranched alkanes of at least 4 members (excludes halogenated alkanes) is 12. The number of aliphatic hydroxyl groups excluding tert-OH is 1. The second kappa shape index (κ2) is 18.7. The van der Waals surface area contributed by atoms with Crippen LogP contribution in [0.3, 0.4) is 0 Å². The van der Waals surface area contributed by atoms with Gasteiger partial charge < -0.3 is 9.66 Å². The van der Waals surface area contributed by atoms with Crippen LogP contribution in [0.2, 0.25) is 0 Å². The minimum atomic E-state index is -4.10. The van der Waals surface area contributed by atoms with Crippen molar-refractivity contribution in [2.75, 3.05) is 6.61 Å². The summed E-state index contributed by atoms with van der Waals surface area (Å²) in [5.41, 5.74) is 0. The molecule has 0 aromatic carbocycles. The van der Waals surface area contributed by atoms with Crippen molar-refractivity contribution in [3.8, 4) is 0 Å². The molecule has 0 aliphatic rings. The molecule has 0 bridgehead atoms. The van der Waals surface area contributed by atoms with E-state index in [0.29, 0.717) is 19.4 Å². The van der Waals surface area contributed by atoms with Crippen molar-refractivity contribution >= 4 is 10.1 Å². The molecule has 0 aromatic heterocycles. The first-order valence-corrected chi connectivity index (χ1v) is 11.0. The molecule has 0 spiro atoms. The molecule has 0 heterocycles. The molecule has 0 fully saturated rings. The second-order valence-electron chi connectivity index (χ2n) is 6.63. The topological polar surface area (TPSA) is 77.4 Å². The summed E-state index contributed by atoms with van der Waals surface area (Å²) in [6.45, 7) is 2.10. The molecule has 0 aromatic rings. The molecule has 6 heteroatoms. The van der Waals surface area contributed by atoms with Gasteiger partial charge >= 0.3 is 29.6 Å². The summed E-state index contributed by atoms with van der Waals surface area (Å²) in [6.07, 6.45) is 16.4. The van der Waals surface area contributed by atoms with Crippen molar-refractivity contribution < 1.29 is 47.6 Å². The van der Waals surface area contributed by atoms with Crippen molar-refractivity contribution in [2.45, 2.75) is 108 Å². The van der Waals surface area contributed by atoms with Crippen LogP contribution in [-0.4, -0.2) is 29.9 Å². The van der Waals surface area contributed by atoms with E-state index in [0.717, 1.165) is 32.1 Å². The summed E-state index contributed by atoms with van der Waals surface area (Å²) in [4.78, 5) is 0. The van der Waals surface area contributed by atoms with Gasteiger partial charge in [0, 0.05) is 11.9 Å². The van der Waals surface area contributed by atoms with Gasteiger partial charge in [0.1, 0.15) is 0 Å². The average Bonchev–Trinajstić information content (AvgIpc) is 2.50. The van der Waals surface area contributed by atoms with Crippen LogP contribution < -0.4 is 29.6 Å². The van der Waals surface area contributed by atoms with Gasteiger partial charge in [-0.15, -0.1) is 0 Å². The molecule has 4 nitrogen and oxygen atoms in total. The number of hydrogen-bond acceptors (Lipinski definition) is 4. The smallest absolute Gasteiger partial charge is 0.748 e. The van der Waals surface area contributed by atoms with Crippen molar-refractivity contribution in [2.24, 2.45) is 0 Å². The summed E-state index contributed by atoms with van der Waals surface area (Å²) in [5, 5.41) is 8.00. The van der Waals surface area contributed by atoms with E-state index >= 15 is 0 Å². The Balaban J connectivity index is 0. The van der Waals surface area contributed by atoms with Crippen LogP contribution in [0, 0.1) is 0 Å². The van der Waals surface area contributed by atoms with Gasteiger partial charge in [0.25, 0.3) is 0 Å². The van der Waals surface area contributed by atoms with E-state index in [1.165, 1.54) is 51.4 Å². The monoisotopic (exact) mass is 372 g/mol. The maximum Gasteiger partial charge on any atom is 1.00 e. The third-order valence-electron chi connectivity index (χ3n) is 4.55. The van der Waals surface area contributed by atoms with Gasteiger partial charge in [-0.2, -0.15) is 0 Å². The average molecular weight is 373 g/mol. The molecule has 0 aliphatic carbocycles. The van der Waals surface area contributed by atoms with Crippen molar-refractivity contribution in [3.05, 3.63) is 0 Å². The molecule has 1 N–H and O–H groups in total. The first-order valence-electron chi connectivity index (χ1n) is 9.58.